The van der Waals surface area contributed by atoms with Crippen LogP contribution in [0.3, 0.4) is 0 Å². The summed E-state index contributed by atoms with van der Waals surface area (Å²) in [5.41, 5.74) is 2.89. The van der Waals surface area contributed by atoms with Crippen LogP contribution in [-0.2, 0) is 4.74 Å². The lowest BCUT2D eigenvalue weighted by molar-refractivity contribution is 0.0607. The first kappa shape index (κ1) is 13.0. The molecule has 20 heavy (non-hydrogen) atoms. The quantitative estimate of drug-likeness (QED) is 0.796. The van der Waals surface area contributed by atoms with Gasteiger partial charge in [-0.05, 0) is 35.6 Å². The van der Waals surface area contributed by atoms with Gasteiger partial charge in [0.25, 0.3) is 0 Å². The maximum absolute atomic E-state index is 11.8. The highest BCUT2D eigenvalue weighted by atomic mass is 32.1. The lowest BCUT2D eigenvalue weighted by Crippen LogP contribution is -2.15. The third kappa shape index (κ3) is 2.14. The summed E-state index contributed by atoms with van der Waals surface area (Å²) in [7, 11) is 1.39. The van der Waals surface area contributed by atoms with Gasteiger partial charge in [0.1, 0.15) is 18.1 Å². The van der Waals surface area contributed by atoms with Crippen LogP contribution in [0.5, 0.6) is 11.5 Å². The largest absolute Gasteiger partial charge is 0.486 e. The molecule has 3 rings (SSSR count). The van der Waals surface area contributed by atoms with Crippen LogP contribution in [0.15, 0.2) is 23.6 Å². The second-order valence-corrected chi connectivity index (χ2v) is 5.35. The summed E-state index contributed by atoms with van der Waals surface area (Å²) in [6.45, 7) is 3.09. The summed E-state index contributed by atoms with van der Waals surface area (Å²) in [6, 6.07) is 5.73. The van der Waals surface area contributed by atoms with Crippen molar-refractivity contribution in [2.24, 2.45) is 0 Å². The molecular formula is C15H14O4S. The first-order valence-corrected chi connectivity index (χ1v) is 7.15. The maximum Gasteiger partial charge on any atom is 0.348 e. The molecule has 4 nitrogen and oxygen atoms in total. The normalized spacial score (nSPS) is 13.1. The van der Waals surface area contributed by atoms with Crippen molar-refractivity contribution >= 4 is 17.3 Å². The highest BCUT2D eigenvalue weighted by Gasteiger charge is 2.20. The summed E-state index contributed by atoms with van der Waals surface area (Å²) in [6.07, 6.45) is 0. The molecule has 0 fully saturated rings. The first-order valence-electron chi connectivity index (χ1n) is 6.27. The van der Waals surface area contributed by atoms with E-state index < -0.39 is 0 Å². The number of carbonyl (C=O) groups excluding carboxylic acids is 1. The predicted molar refractivity (Wildman–Crippen MR) is 76.8 cm³/mol. The molecule has 1 aromatic heterocycles. The van der Waals surface area contributed by atoms with Crippen LogP contribution in [0.25, 0.3) is 11.1 Å². The number of ether oxygens (including phenoxy) is 3. The molecule has 0 saturated heterocycles. The van der Waals surface area contributed by atoms with Gasteiger partial charge < -0.3 is 14.2 Å². The molecule has 2 heterocycles. The highest BCUT2D eigenvalue weighted by molar-refractivity contribution is 7.12. The molecule has 0 aliphatic carbocycles. The minimum atomic E-state index is -0.312. The molecule has 0 amide bonds. The Labute approximate surface area is 120 Å². The second kappa shape index (κ2) is 5.17. The van der Waals surface area contributed by atoms with Gasteiger partial charge >= 0.3 is 5.97 Å². The van der Waals surface area contributed by atoms with E-state index in [4.69, 9.17) is 14.2 Å². The van der Waals surface area contributed by atoms with Gasteiger partial charge in [0, 0.05) is 5.56 Å². The monoisotopic (exact) mass is 290 g/mol. The number of fused-ring (bicyclic) bond motifs is 1. The number of thiophene rings is 1. The molecule has 0 N–H and O–H groups in total. The fourth-order valence-electron chi connectivity index (χ4n) is 2.24. The molecule has 5 heteroatoms. The number of aryl methyl sites for hydroxylation is 1. The SMILES string of the molecule is COC(=O)c1scc(C)c1-c1ccc2c(c1)OCCO2. The Morgan fingerprint density at radius 2 is 2.00 bits per heavy atom. The molecule has 1 aromatic carbocycles. The van der Waals surface area contributed by atoms with Crippen molar-refractivity contribution in [3.8, 4) is 22.6 Å². The van der Waals surface area contributed by atoms with Gasteiger partial charge in [0.15, 0.2) is 11.5 Å². The molecule has 0 spiro atoms. The van der Waals surface area contributed by atoms with Gasteiger partial charge in [-0.15, -0.1) is 11.3 Å². The number of benzene rings is 1. The average molecular weight is 290 g/mol. The Bertz CT molecular complexity index is 660. The molecule has 104 valence electrons. The lowest BCUT2D eigenvalue weighted by atomic mass is 10.0. The van der Waals surface area contributed by atoms with Crippen LogP contribution in [0.4, 0.5) is 0 Å². The summed E-state index contributed by atoms with van der Waals surface area (Å²) < 4.78 is 15.9. The number of hydrogen-bond acceptors (Lipinski definition) is 5. The van der Waals surface area contributed by atoms with Gasteiger partial charge in [-0.2, -0.15) is 0 Å². The highest BCUT2D eigenvalue weighted by Crippen LogP contribution is 2.38. The summed E-state index contributed by atoms with van der Waals surface area (Å²) in [5.74, 6) is 1.15. The van der Waals surface area contributed by atoms with E-state index in [9.17, 15) is 4.79 Å². The van der Waals surface area contributed by atoms with Crippen molar-refractivity contribution in [3.05, 3.63) is 34.0 Å². The van der Waals surface area contributed by atoms with E-state index in [1.165, 1.54) is 18.4 Å². The number of esters is 1. The molecule has 1 aliphatic heterocycles. The minimum absolute atomic E-state index is 0.312. The second-order valence-electron chi connectivity index (χ2n) is 4.47. The minimum Gasteiger partial charge on any atom is -0.486 e. The van der Waals surface area contributed by atoms with Crippen LogP contribution >= 0.6 is 11.3 Å². The van der Waals surface area contributed by atoms with Crippen molar-refractivity contribution in [3.63, 3.8) is 0 Å². The summed E-state index contributed by atoms with van der Waals surface area (Å²) >= 11 is 1.39. The zero-order chi connectivity index (χ0) is 14.1. The zero-order valence-electron chi connectivity index (χ0n) is 11.3. The van der Waals surface area contributed by atoms with Crippen LogP contribution in [0.1, 0.15) is 15.2 Å². The predicted octanol–water partition coefficient (Wildman–Crippen LogP) is 3.28. The van der Waals surface area contributed by atoms with E-state index in [-0.39, 0.29) is 5.97 Å². The maximum atomic E-state index is 11.8. The van der Waals surface area contributed by atoms with Gasteiger partial charge in [0.05, 0.1) is 7.11 Å². The van der Waals surface area contributed by atoms with Crippen LogP contribution in [-0.4, -0.2) is 26.3 Å². The zero-order valence-corrected chi connectivity index (χ0v) is 12.1. The average Bonchev–Trinajstić information content (AvgIpc) is 2.87. The molecule has 0 atom stereocenters. The summed E-state index contributed by atoms with van der Waals surface area (Å²) in [5, 5.41) is 1.96. The third-order valence-electron chi connectivity index (χ3n) is 3.18. The fourth-order valence-corrected chi connectivity index (χ4v) is 3.23. The van der Waals surface area contributed by atoms with E-state index in [0.717, 1.165) is 28.2 Å². The number of rotatable bonds is 2. The van der Waals surface area contributed by atoms with Crippen molar-refractivity contribution in [2.45, 2.75) is 6.92 Å². The van der Waals surface area contributed by atoms with Crippen molar-refractivity contribution in [2.75, 3.05) is 20.3 Å². The van der Waals surface area contributed by atoms with E-state index in [1.54, 1.807) is 0 Å². The van der Waals surface area contributed by atoms with E-state index in [0.29, 0.717) is 18.1 Å². The molecular weight excluding hydrogens is 276 g/mol. The van der Waals surface area contributed by atoms with Gasteiger partial charge in [-0.25, -0.2) is 4.79 Å². The van der Waals surface area contributed by atoms with Gasteiger partial charge in [-0.1, -0.05) is 6.07 Å². The van der Waals surface area contributed by atoms with Gasteiger partial charge in [0.2, 0.25) is 0 Å². The Kier molecular flexibility index (Phi) is 3.36. The topological polar surface area (TPSA) is 44.8 Å². The Balaban J connectivity index is 2.09. The van der Waals surface area contributed by atoms with E-state index in [1.807, 2.05) is 30.5 Å². The molecule has 0 radical (unpaired) electrons. The molecule has 1 aliphatic rings. The van der Waals surface area contributed by atoms with Crippen molar-refractivity contribution < 1.29 is 19.0 Å². The molecule has 0 bridgehead atoms. The smallest absolute Gasteiger partial charge is 0.348 e. The van der Waals surface area contributed by atoms with E-state index >= 15 is 0 Å². The Hall–Kier alpha value is -2.01. The fraction of sp³-hybridized carbons (Fsp3) is 0.267. The summed E-state index contributed by atoms with van der Waals surface area (Å²) in [4.78, 5) is 12.5. The Morgan fingerprint density at radius 1 is 1.25 bits per heavy atom. The van der Waals surface area contributed by atoms with Crippen LogP contribution < -0.4 is 9.47 Å². The lowest BCUT2D eigenvalue weighted by Gasteiger charge is -2.19. The molecule has 0 saturated carbocycles. The van der Waals surface area contributed by atoms with Crippen LogP contribution in [0, 0.1) is 6.92 Å². The number of carbonyl (C=O) groups is 1. The molecule has 0 unspecified atom stereocenters. The Morgan fingerprint density at radius 3 is 2.75 bits per heavy atom. The van der Waals surface area contributed by atoms with Crippen molar-refractivity contribution in [1.29, 1.82) is 0 Å². The standard InChI is InChI=1S/C15H14O4S/c1-9-8-20-14(15(16)17-2)13(9)10-3-4-11-12(7-10)19-6-5-18-11/h3-4,7-8H,5-6H2,1-2H3. The van der Waals surface area contributed by atoms with Crippen LogP contribution in [0.2, 0.25) is 0 Å². The van der Waals surface area contributed by atoms with Gasteiger partial charge in [-0.3, -0.25) is 0 Å². The first-order chi connectivity index (χ1) is 9.70. The third-order valence-corrected chi connectivity index (χ3v) is 4.25. The van der Waals surface area contributed by atoms with E-state index in [2.05, 4.69) is 0 Å². The number of hydrogen-bond donors (Lipinski definition) is 0. The van der Waals surface area contributed by atoms with Crippen molar-refractivity contribution in [1.82, 2.24) is 0 Å². The number of methoxy groups -OCH3 is 1. The molecule has 2 aromatic rings.